The number of amides is 2. The number of carbonyl (C=O) groups excluding carboxylic acids is 2. The predicted octanol–water partition coefficient (Wildman–Crippen LogP) is 2.07. The monoisotopic (exact) mass is 334 g/mol. The number of anilines is 2. The molecule has 0 bridgehead atoms. The van der Waals surface area contributed by atoms with Crippen LogP contribution >= 0.6 is 11.6 Å². The lowest BCUT2D eigenvalue weighted by Crippen LogP contribution is -2.29. The number of aromatic nitrogens is 2. The van der Waals surface area contributed by atoms with Crippen LogP contribution in [0, 0.1) is 0 Å². The van der Waals surface area contributed by atoms with Gasteiger partial charge in [-0.1, -0.05) is 11.6 Å². The van der Waals surface area contributed by atoms with E-state index in [0.717, 1.165) is 25.1 Å². The maximum absolute atomic E-state index is 12.0. The van der Waals surface area contributed by atoms with Gasteiger partial charge in [0, 0.05) is 24.4 Å². The van der Waals surface area contributed by atoms with E-state index >= 15 is 0 Å². The van der Waals surface area contributed by atoms with E-state index < -0.39 is 11.8 Å². The van der Waals surface area contributed by atoms with Crippen molar-refractivity contribution in [3.63, 3.8) is 0 Å². The fraction of sp³-hybridized carbons (Fsp3) is 0.267. The summed E-state index contributed by atoms with van der Waals surface area (Å²) in [6.45, 7) is 0.832. The summed E-state index contributed by atoms with van der Waals surface area (Å²) < 4.78 is 6.85. The smallest absolute Gasteiger partial charge is 0.315 e. The second kappa shape index (κ2) is 6.29. The highest BCUT2D eigenvalue weighted by Crippen LogP contribution is 2.26. The van der Waals surface area contributed by atoms with Gasteiger partial charge in [0.15, 0.2) is 5.82 Å². The molecule has 0 spiro atoms. The molecule has 0 aliphatic carbocycles. The third-order valence-corrected chi connectivity index (χ3v) is 3.85. The summed E-state index contributed by atoms with van der Waals surface area (Å²) in [5.41, 5.74) is 1.39. The van der Waals surface area contributed by atoms with Gasteiger partial charge in [-0.2, -0.15) is 5.10 Å². The molecule has 0 fully saturated rings. The van der Waals surface area contributed by atoms with Crippen molar-refractivity contribution >= 4 is 34.9 Å². The molecular weight excluding hydrogens is 320 g/mol. The number of carbonyl (C=O) groups is 2. The largest absolute Gasteiger partial charge is 0.497 e. The molecule has 2 aromatic rings. The normalized spacial score (nSPS) is 12.6. The van der Waals surface area contributed by atoms with Crippen molar-refractivity contribution in [2.75, 3.05) is 17.7 Å². The van der Waals surface area contributed by atoms with E-state index in [9.17, 15) is 9.59 Å². The first-order valence-corrected chi connectivity index (χ1v) is 7.47. The Balaban J connectivity index is 1.64. The zero-order valence-electron chi connectivity index (χ0n) is 12.4. The molecule has 8 heteroatoms. The molecular formula is C15H15ClN4O3. The molecule has 0 saturated heterocycles. The van der Waals surface area contributed by atoms with E-state index in [1.165, 1.54) is 7.11 Å². The van der Waals surface area contributed by atoms with Gasteiger partial charge in [-0.3, -0.25) is 14.3 Å². The summed E-state index contributed by atoms with van der Waals surface area (Å²) in [7, 11) is 1.51. The Labute approximate surface area is 137 Å². The average Bonchev–Trinajstić information content (AvgIpc) is 3.10. The highest BCUT2D eigenvalue weighted by Gasteiger charge is 2.19. The van der Waals surface area contributed by atoms with E-state index in [-0.39, 0.29) is 5.02 Å². The molecule has 3 rings (SSSR count). The van der Waals surface area contributed by atoms with Gasteiger partial charge >= 0.3 is 11.8 Å². The first kappa shape index (κ1) is 15.4. The zero-order valence-corrected chi connectivity index (χ0v) is 13.2. The topological polar surface area (TPSA) is 85.2 Å². The number of benzene rings is 1. The lowest BCUT2D eigenvalue weighted by molar-refractivity contribution is -0.133. The number of halogens is 1. The predicted molar refractivity (Wildman–Crippen MR) is 85.8 cm³/mol. The number of nitrogens with one attached hydrogen (secondary N) is 2. The van der Waals surface area contributed by atoms with Crippen LogP contribution in [0.4, 0.5) is 11.5 Å². The molecule has 7 nitrogen and oxygen atoms in total. The second-order valence-electron chi connectivity index (χ2n) is 5.10. The Morgan fingerprint density at radius 1 is 1.26 bits per heavy atom. The van der Waals surface area contributed by atoms with Gasteiger partial charge in [0.05, 0.1) is 17.8 Å². The summed E-state index contributed by atoms with van der Waals surface area (Å²) >= 11 is 6.03. The molecule has 23 heavy (non-hydrogen) atoms. The zero-order chi connectivity index (χ0) is 16.4. The molecule has 0 unspecified atom stereocenters. The van der Waals surface area contributed by atoms with Gasteiger partial charge in [-0.15, -0.1) is 0 Å². The van der Waals surface area contributed by atoms with Gasteiger partial charge < -0.3 is 15.4 Å². The number of hydrogen-bond acceptors (Lipinski definition) is 4. The van der Waals surface area contributed by atoms with Crippen LogP contribution < -0.4 is 15.4 Å². The summed E-state index contributed by atoms with van der Waals surface area (Å²) in [5.74, 6) is -0.676. The summed E-state index contributed by atoms with van der Waals surface area (Å²) in [5, 5.41) is 9.45. The van der Waals surface area contributed by atoms with Crippen molar-refractivity contribution in [1.29, 1.82) is 0 Å². The molecule has 1 aromatic heterocycles. The number of nitrogens with zero attached hydrogens (tertiary/aromatic N) is 2. The van der Waals surface area contributed by atoms with E-state index in [0.29, 0.717) is 17.3 Å². The summed E-state index contributed by atoms with van der Waals surface area (Å²) in [6.07, 6.45) is 1.98. The maximum Gasteiger partial charge on any atom is 0.315 e. The van der Waals surface area contributed by atoms with Crippen molar-refractivity contribution < 1.29 is 14.3 Å². The molecule has 2 heterocycles. The van der Waals surface area contributed by atoms with Crippen LogP contribution in [0.2, 0.25) is 5.02 Å². The lowest BCUT2D eigenvalue weighted by atomic mass is 10.3. The number of rotatable bonds is 3. The van der Waals surface area contributed by atoms with Crippen molar-refractivity contribution in [1.82, 2.24) is 9.78 Å². The van der Waals surface area contributed by atoms with Crippen molar-refractivity contribution in [2.45, 2.75) is 19.4 Å². The Morgan fingerprint density at radius 2 is 2.04 bits per heavy atom. The first-order chi connectivity index (χ1) is 11.1. The third-order valence-electron chi connectivity index (χ3n) is 3.54. The van der Waals surface area contributed by atoms with Crippen LogP contribution in [0.15, 0.2) is 24.3 Å². The van der Waals surface area contributed by atoms with Crippen LogP contribution in [0.3, 0.4) is 0 Å². The van der Waals surface area contributed by atoms with Gasteiger partial charge in [0.1, 0.15) is 5.75 Å². The SMILES string of the molecule is COc1ccc(NC(=O)C(=O)Nc2cc3n(n2)CCC3)c(Cl)c1. The first-order valence-electron chi connectivity index (χ1n) is 7.09. The van der Waals surface area contributed by atoms with E-state index in [1.54, 1.807) is 24.3 Å². The van der Waals surface area contributed by atoms with Gasteiger partial charge in [-0.05, 0) is 25.0 Å². The van der Waals surface area contributed by atoms with E-state index in [2.05, 4.69) is 15.7 Å². The Morgan fingerprint density at radius 3 is 2.74 bits per heavy atom. The quantitative estimate of drug-likeness (QED) is 0.841. The molecule has 1 aromatic carbocycles. The van der Waals surface area contributed by atoms with Crippen molar-refractivity contribution in [3.8, 4) is 5.75 Å². The standard InChI is InChI=1S/C15H15ClN4O3/c1-23-10-4-5-12(11(16)8-10)17-14(21)15(22)18-13-7-9-3-2-6-20(9)19-13/h4-5,7-8H,2-3,6H2,1H3,(H,17,21)(H,18,19,22). The minimum absolute atomic E-state index is 0.284. The lowest BCUT2D eigenvalue weighted by Gasteiger charge is -2.08. The molecule has 1 aliphatic heterocycles. The van der Waals surface area contributed by atoms with Crippen LogP contribution in [0.25, 0.3) is 0 Å². The van der Waals surface area contributed by atoms with E-state index in [1.807, 2.05) is 4.68 Å². The van der Waals surface area contributed by atoms with Crippen LogP contribution in [-0.4, -0.2) is 28.7 Å². The van der Waals surface area contributed by atoms with Gasteiger partial charge in [0.25, 0.3) is 0 Å². The number of aryl methyl sites for hydroxylation is 2. The molecule has 120 valence electrons. The number of hydrogen-bond donors (Lipinski definition) is 2. The van der Waals surface area contributed by atoms with Crippen molar-refractivity contribution in [3.05, 3.63) is 35.0 Å². The van der Waals surface area contributed by atoms with Crippen LogP contribution in [0.1, 0.15) is 12.1 Å². The Kier molecular flexibility index (Phi) is 4.20. The van der Waals surface area contributed by atoms with Gasteiger partial charge in [0.2, 0.25) is 0 Å². The van der Waals surface area contributed by atoms with Crippen LogP contribution in [0.5, 0.6) is 5.75 Å². The molecule has 2 amide bonds. The Bertz CT molecular complexity index is 751. The average molecular weight is 335 g/mol. The maximum atomic E-state index is 12.0. The fourth-order valence-electron chi connectivity index (χ4n) is 2.40. The molecule has 1 aliphatic rings. The fourth-order valence-corrected chi connectivity index (χ4v) is 2.62. The minimum atomic E-state index is -0.815. The van der Waals surface area contributed by atoms with Crippen molar-refractivity contribution in [2.24, 2.45) is 0 Å². The van der Waals surface area contributed by atoms with Crippen LogP contribution in [-0.2, 0) is 22.6 Å². The highest BCUT2D eigenvalue weighted by molar-refractivity contribution is 6.44. The van der Waals surface area contributed by atoms with Gasteiger partial charge in [-0.25, -0.2) is 0 Å². The molecule has 0 saturated carbocycles. The number of methoxy groups -OCH3 is 1. The third kappa shape index (κ3) is 3.29. The molecule has 0 atom stereocenters. The number of fused-ring (bicyclic) bond motifs is 1. The summed E-state index contributed by atoms with van der Waals surface area (Å²) in [4.78, 5) is 23.9. The minimum Gasteiger partial charge on any atom is -0.497 e. The second-order valence-corrected chi connectivity index (χ2v) is 5.51. The highest BCUT2D eigenvalue weighted by atomic mass is 35.5. The Hall–Kier alpha value is -2.54. The number of ether oxygens (including phenoxy) is 1. The van der Waals surface area contributed by atoms with E-state index in [4.69, 9.17) is 16.3 Å². The summed E-state index contributed by atoms with van der Waals surface area (Å²) in [6, 6.07) is 6.53. The molecule has 2 N–H and O–H groups in total. The molecule has 0 radical (unpaired) electrons.